The first-order valence-electron chi connectivity index (χ1n) is 11.7. The lowest BCUT2D eigenvalue weighted by Crippen LogP contribution is -2.38. The highest BCUT2D eigenvalue weighted by Gasteiger charge is 2.38. The van der Waals surface area contributed by atoms with Gasteiger partial charge in [-0.1, -0.05) is 98.5 Å². The summed E-state index contributed by atoms with van der Waals surface area (Å²) >= 11 is 0. The van der Waals surface area contributed by atoms with E-state index in [1.165, 1.54) is 0 Å². The fraction of sp³-hybridized carbons (Fsp3) is 0.241. The number of allylic oxidation sites excluding steroid dienone is 1. The molecule has 0 unspecified atom stereocenters. The number of fused-ring (bicyclic) bond motifs is 1. The van der Waals surface area contributed by atoms with Crippen LogP contribution >= 0.6 is 0 Å². The van der Waals surface area contributed by atoms with Crippen molar-refractivity contribution in [3.05, 3.63) is 107 Å². The Bertz CT molecular complexity index is 1210. The van der Waals surface area contributed by atoms with E-state index in [-0.39, 0.29) is 17.7 Å². The minimum Gasteiger partial charge on any atom is -0.349 e. The van der Waals surface area contributed by atoms with Crippen LogP contribution in [-0.2, 0) is 16.1 Å². The van der Waals surface area contributed by atoms with Gasteiger partial charge < -0.3 is 10.2 Å². The van der Waals surface area contributed by atoms with E-state index in [4.69, 9.17) is 0 Å². The van der Waals surface area contributed by atoms with E-state index >= 15 is 0 Å². The lowest BCUT2D eigenvalue weighted by Gasteiger charge is -2.26. The van der Waals surface area contributed by atoms with Crippen molar-refractivity contribution >= 4 is 31.1 Å². The normalized spacial score (nSPS) is 16.2. The zero-order chi connectivity index (χ0) is 24.3. The molecular formula is C29H32N2O2Si. The quantitative estimate of drug-likeness (QED) is 0.353. The number of carbonyl (C=O) groups is 2. The third kappa shape index (κ3) is 4.90. The maximum Gasteiger partial charge on any atom is 0.243 e. The van der Waals surface area contributed by atoms with Crippen LogP contribution in [0.15, 0.2) is 90.1 Å². The van der Waals surface area contributed by atoms with E-state index in [9.17, 15) is 9.59 Å². The largest absolute Gasteiger partial charge is 0.349 e. The summed E-state index contributed by atoms with van der Waals surface area (Å²) in [4.78, 5) is 28.8. The average Bonchev–Trinajstić information content (AvgIpc) is 3.07. The number of rotatable bonds is 7. The van der Waals surface area contributed by atoms with Crippen LogP contribution in [0.4, 0.5) is 5.69 Å². The van der Waals surface area contributed by atoms with Gasteiger partial charge in [0.1, 0.15) is 0 Å². The number of hydrogen-bond acceptors (Lipinski definition) is 2. The Balaban J connectivity index is 1.78. The van der Waals surface area contributed by atoms with E-state index in [0.717, 1.165) is 33.1 Å². The second-order valence-corrected chi connectivity index (χ2v) is 14.9. The number of nitrogens with one attached hydrogen (secondary N) is 1. The number of carbonyl (C=O) groups excluding carboxylic acids is 2. The van der Waals surface area contributed by atoms with Crippen LogP contribution in [0.3, 0.4) is 0 Å². The number of benzene rings is 3. The highest BCUT2D eigenvalue weighted by molar-refractivity contribution is 6.88. The maximum atomic E-state index is 13.7. The topological polar surface area (TPSA) is 49.4 Å². The van der Waals surface area contributed by atoms with Crippen LogP contribution in [-0.4, -0.2) is 26.9 Å². The lowest BCUT2D eigenvalue weighted by atomic mass is 9.89. The third-order valence-corrected chi connectivity index (χ3v) is 8.44. The summed E-state index contributed by atoms with van der Waals surface area (Å²) in [5.41, 5.74) is 5.04. The summed E-state index contributed by atoms with van der Waals surface area (Å²) in [6.07, 6.45) is 0.503. The summed E-state index contributed by atoms with van der Waals surface area (Å²) in [6, 6.07) is 28.0. The molecular weight excluding hydrogens is 436 g/mol. The second kappa shape index (κ2) is 9.81. The van der Waals surface area contributed by atoms with Crippen molar-refractivity contribution in [2.75, 3.05) is 11.9 Å². The number of nitrogens with zero attached hydrogens (tertiary/aromatic N) is 1. The predicted molar refractivity (Wildman–Crippen MR) is 142 cm³/mol. The van der Waals surface area contributed by atoms with Crippen molar-refractivity contribution in [3.8, 4) is 0 Å². The van der Waals surface area contributed by atoms with E-state index in [1.807, 2.05) is 79.8 Å². The number of hydrogen-bond donors (Lipinski definition) is 1. The van der Waals surface area contributed by atoms with Crippen LogP contribution < -0.4 is 10.2 Å². The van der Waals surface area contributed by atoms with Gasteiger partial charge in [0.25, 0.3) is 0 Å². The SMILES string of the molecule is CN1C(=O)[C@H](C/C(=C(/C(=O)NCc2ccccc2)[Si](C)(C)C)c2ccccc2)c2ccccc21. The molecule has 2 amide bonds. The standard InChI is InChI=1S/C29H32N2O2Si/c1-31-26-18-12-11-17-23(26)25(29(31)33)19-24(22-15-9-6-10-16-22)27(34(2,3)4)28(32)30-20-21-13-7-5-8-14-21/h5-18,25H,19-20H2,1-4H3,(H,30,32)/b27-24+/t25-/m1/s1. The molecule has 1 heterocycles. The van der Waals surface area contributed by atoms with Gasteiger partial charge in [-0.3, -0.25) is 9.59 Å². The van der Waals surface area contributed by atoms with Crippen molar-refractivity contribution in [2.24, 2.45) is 0 Å². The maximum absolute atomic E-state index is 13.7. The van der Waals surface area contributed by atoms with Gasteiger partial charge in [0.05, 0.1) is 14.0 Å². The van der Waals surface area contributed by atoms with E-state index in [0.29, 0.717) is 13.0 Å². The van der Waals surface area contributed by atoms with E-state index < -0.39 is 8.07 Å². The first kappa shape index (κ1) is 23.7. The number of anilines is 1. The lowest BCUT2D eigenvalue weighted by molar-refractivity contribution is -0.119. The highest BCUT2D eigenvalue weighted by atomic mass is 28.3. The molecule has 34 heavy (non-hydrogen) atoms. The van der Waals surface area contributed by atoms with Gasteiger partial charge in [-0.15, -0.1) is 0 Å². The van der Waals surface area contributed by atoms with Gasteiger partial charge in [0, 0.05) is 24.5 Å². The molecule has 5 heteroatoms. The molecule has 0 fully saturated rings. The van der Waals surface area contributed by atoms with Crippen molar-refractivity contribution < 1.29 is 9.59 Å². The molecule has 174 valence electrons. The number of amides is 2. The van der Waals surface area contributed by atoms with Gasteiger partial charge in [-0.05, 0) is 34.8 Å². The molecule has 1 aliphatic rings. The van der Waals surface area contributed by atoms with Crippen LogP contribution in [0.2, 0.25) is 19.6 Å². The molecule has 1 N–H and O–H groups in total. The zero-order valence-corrected chi connectivity index (χ0v) is 21.3. The van der Waals surface area contributed by atoms with Gasteiger partial charge >= 0.3 is 0 Å². The number of likely N-dealkylation sites (N-methyl/N-ethyl adjacent to an activating group) is 1. The number of para-hydroxylation sites is 1. The van der Waals surface area contributed by atoms with Crippen molar-refractivity contribution in [2.45, 2.75) is 38.5 Å². The Morgan fingerprint density at radius 2 is 1.47 bits per heavy atom. The van der Waals surface area contributed by atoms with Crippen LogP contribution in [0.25, 0.3) is 5.57 Å². The van der Waals surface area contributed by atoms with Gasteiger partial charge in [-0.2, -0.15) is 0 Å². The fourth-order valence-electron chi connectivity index (χ4n) is 4.78. The molecule has 4 nitrogen and oxygen atoms in total. The molecule has 1 atom stereocenters. The Kier molecular flexibility index (Phi) is 6.84. The molecule has 0 saturated heterocycles. The molecule has 0 aromatic heterocycles. The summed E-state index contributed by atoms with van der Waals surface area (Å²) in [7, 11) is -0.261. The molecule has 3 aromatic rings. The Morgan fingerprint density at radius 3 is 2.12 bits per heavy atom. The minimum absolute atomic E-state index is 0.0334. The van der Waals surface area contributed by atoms with Gasteiger partial charge in [0.15, 0.2) is 0 Å². The monoisotopic (exact) mass is 468 g/mol. The molecule has 0 aliphatic carbocycles. The fourth-order valence-corrected chi connectivity index (χ4v) is 6.70. The van der Waals surface area contributed by atoms with E-state index in [2.05, 4.69) is 37.1 Å². The molecule has 1 aliphatic heterocycles. The van der Waals surface area contributed by atoms with Crippen LogP contribution in [0.1, 0.15) is 29.0 Å². The van der Waals surface area contributed by atoms with Crippen molar-refractivity contribution in [1.82, 2.24) is 5.32 Å². The molecule has 0 saturated carbocycles. The Hall–Kier alpha value is -3.44. The minimum atomic E-state index is -2.09. The summed E-state index contributed by atoms with van der Waals surface area (Å²) in [5, 5.41) is 4.02. The van der Waals surface area contributed by atoms with Crippen molar-refractivity contribution in [3.63, 3.8) is 0 Å². The molecule has 3 aromatic carbocycles. The molecule has 0 radical (unpaired) electrons. The van der Waals surface area contributed by atoms with Gasteiger partial charge in [0.2, 0.25) is 11.8 Å². The zero-order valence-electron chi connectivity index (χ0n) is 20.3. The smallest absolute Gasteiger partial charge is 0.243 e. The second-order valence-electron chi connectivity index (χ2n) is 9.85. The molecule has 4 rings (SSSR count). The summed E-state index contributed by atoms with van der Waals surface area (Å²) in [6.45, 7) is 7.07. The highest BCUT2D eigenvalue weighted by Crippen LogP contribution is 2.43. The van der Waals surface area contributed by atoms with Crippen LogP contribution in [0, 0.1) is 0 Å². The Morgan fingerprint density at radius 1 is 0.882 bits per heavy atom. The van der Waals surface area contributed by atoms with Crippen molar-refractivity contribution in [1.29, 1.82) is 0 Å². The van der Waals surface area contributed by atoms with Crippen LogP contribution in [0.5, 0.6) is 0 Å². The summed E-state index contributed by atoms with van der Waals surface area (Å²) in [5.74, 6) is -0.257. The van der Waals surface area contributed by atoms with E-state index in [1.54, 1.807) is 4.90 Å². The molecule has 0 spiro atoms. The third-order valence-electron chi connectivity index (χ3n) is 6.41. The Labute approximate surface area is 203 Å². The molecule has 0 bridgehead atoms. The first-order valence-corrected chi connectivity index (χ1v) is 15.2. The first-order chi connectivity index (χ1) is 16.3. The predicted octanol–water partition coefficient (Wildman–Crippen LogP) is 5.78. The average molecular weight is 469 g/mol. The summed E-state index contributed by atoms with van der Waals surface area (Å²) < 4.78 is 0. The van der Waals surface area contributed by atoms with Gasteiger partial charge in [-0.25, -0.2) is 0 Å².